The maximum absolute atomic E-state index is 14.7. The van der Waals surface area contributed by atoms with E-state index in [-0.39, 0.29) is 12.0 Å². The second kappa shape index (κ2) is 10.8. The number of nitrogens with one attached hydrogen (secondary N) is 1. The van der Waals surface area contributed by atoms with Crippen LogP contribution in [0.5, 0.6) is 0 Å². The minimum absolute atomic E-state index is 0.136. The molecule has 0 radical (unpaired) electrons. The van der Waals surface area contributed by atoms with Crippen LogP contribution < -0.4 is 5.32 Å². The molecule has 1 aromatic heterocycles. The molecular formula is C29H25ClF4N2. The molecule has 0 aliphatic heterocycles. The largest absolute Gasteiger partial charge is 0.416 e. The molecule has 0 amide bonds. The van der Waals surface area contributed by atoms with Crippen LogP contribution >= 0.6 is 11.6 Å². The van der Waals surface area contributed by atoms with Gasteiger partial charge in [0.05, 0.1) is 21.8 Å². The fourth-order valence-corrected chi connectivity index (χ4v) is 4.41. The normalized spacial score (nSPS) is 13.4. The Morgan fingerprint density at radius 3 is 2.17 bits per heavy atom. The molecule has 36 heavy (non-hydrogen) atoms. The molecule has 0 saturated heterocycles. The number of hydrogen-bond acceptors (Lipinski definition) is 2. The van der Waals surface area contributed by atoms with Gasteiger partial charge in [0.2, 0.25) is 0 Å². The average molecular weight is 513 g/mol. The summed E-state index contributed by atoms with van der Waals surface area (Å²) >= 11 is 6.08. The number of alkyl halides is 3. The smallest absolute Gasteiger partial charge is 0.302 e. The number of halogens is 5. The number of pyridine rings is 1. The molecule has 1 N–H and O–H groups in total. The van der Waals surface area contributed by atoms with Crippen molar-refractivity contribution in [3.8, 4) is 0 Å². The van der Waals surface area contributed by atoms with Crippen LogP contribution in [0.15, 0.2) is 91.1 Å². The fraction of sp³-hybridized carbons (Fsp3) is 0.207. The van der Waals surface area contributed by atoms with E-state index in [1.54, 1.807) is 12.1 Å². The first kappa shape index (κ1) is 25.9. The topological polar surface area (TPSA) is 24.9 Å². The van der Waals surface area contributed by atoms with E-state index in [1.807, 2.05) is 61.5 Å². The molecule has 0 fully saturated rings. The van der Waals surface area contributed by atoms with Crippen molar-refractivity contribution in [3.05, 3.63) is 135 Å². The molecule has 1 atom stereocenters. The van der Waals surface area contributed by atoms with E-state index in [1.165, 1.54) is 6.20 Å². The third-order valence-corrected chi connectivity index (χ3v) is 6.38. The summed E-state index contributed by atoms with van der Waals surface area (Å²) in [5.74, 6) is -0.966. The summed E-state index contributed by atoms with van der Waals surface area (Å²) in [6, 6.07) is 23.4. The van der Waals surface area contributed by atoms with Gasteiger partial charge in [-0.15, -0.1) is 0 Å². The Morgan fingerprint density at radius 1 is 0.833 bits per heavy atom. The molecule has 1 unspecified atom stereocenters. The van der Waals surface area contributed by atoms with Crippen molar-refractivity contribution in [1.29, 1.82) is 0 Å². The Balaban J connectivity index is 1.84. The second-order valence-corrected chi connectivity index (χ2v) is 9.25. The van der Waals surface area contributed by atoms with Crippen molar-refractivity contribution in [2.45, 2.75) is 31.5 Å². The highest BCUT2D eigenvalue weighted by Crippen LogP contribution is 2.37. The zero-order valence-electron chi connectivity index (χ0n) is 19.6. The Morgan fingerprint density at radius 2 is 1.53 bits per heavy atom. The molecule has 7 heteroatoms. The van der Waals surface area contributed by atoms with E-state index in [9.17, 15) is 17.6 Å². The van der Waals surface area contributed by atoms with Gasteiger partial charge in [-0.2, -0.15) is 13.2 Å². The van der Waals surface area contributed by atoms with Crippen LogP contribution in [0.2, 0.25) is 5.02 Å². The lowest BCUT2D eigenvalue weighted by Crippen LogP contribution is -2.47. The van der Waals surface area contributed by atoms with E-state index < -0.39 is 23.1 Å². The number of hydrogen-bond donors (Lipinski definition) is 1. The lowest BCUT2D eigenvalue weighted by Gasteiger charge is -2.36. The molecule has 0 aliphatic rings. The Labute approximate surface area is 213 Å². The van der Waals surface area contributed by atoms with Crippen LogP contribution in [-0.2, 0) is 24.6 Å². The maximum Gasteiger partial charge on any atom is 0.416 e. The summed E-state index contributed by atoms with van der Waals surface area (Å²) < 4.78 is 55.8. The summed E-state index contributed by atoms with van der Waals surface area (Å²) in [4.78, 5) is 4.48. The number of benzene rings is 3. The summed E-state index contributed by atoms with van der Waals surface area (Å²) in [5, 5.41) is 3.85. The van der Waals surface area contributed by atoms with Crippen LogP contribution in [0.25, 0.3) is 0 Å². The summed E-state index contributed by atoms with van der Waals surface area (Å²) in [6.07, 6.45) is -2.39. The molecule has 3 aromatic carbocycles. The van der Waals surface area contributed by atoms with Gasteiger partial charge in [-0.25, -0.2) is 4.39 Å². The molecule has 0 aliphatic carbocycles. The highest BCUT2D eigenvalue weighted by atomic mass is 35.5. The van der Waals surface area contributed by atoms with Crippen LogP contribution in [-0.4, -0.2) is 11.5 Å². The van der Waals surface area contributed by atoms with Crippen LogP contribution in [0.3, 0.4) is 0 Å². The summed E-state index contributed by atoms with van der Waals surface area (Å²) in [5.41, 5.74) is 1.34. The first-order chi connectivity index (χ1) is 17.2. The summed E-state index contributed by atoms with van der Waals surface area (Å²) in [6.45, 7) is 2.42. The minimum atomic E-state index is -4.70. The number of aryl methyl sites for hydroxylation is 1. The van der Waals surface area contributed by atoms with E-state index in [2.05, 4.69) is 10.3 Å². The summed E-state index contributed by atoms with van der Waals surface area (Å²) in [7, 11) is 0. The van der Waals surface area contributed by atoms with Gasteiger partial charge in [0.1, 0.15) is 5.82 Å². The van der Waals surface area contributed by atoms with Crippen LogP contribution in [0, 0.1) is 12.7 Å². The molecule has 186 valence electrons. The van der Waals surface area contributed by atoms with Gasteiger partial charge in [-0.05, 0) is 60.4 Å². The molecule has 1 heterocycles. The standard InChI is InChI=1S/C29H25ClF4N2/c1-20-7-9-21(10-8-20)13-14-36-28(18-22-5-3-2-4-6-22,27-12-11-25(30)19-35-27)23-15-24(29(32,33)34)17-26(31)16-23/h2-12,15-17,19,36H,13-14,18H2,1H3. The van der Waals surface area contributed by atoms with E-state index in [4.69, 9.17) is 11.6 Å². The third kappa shape index (κ3) is 6.12. The van der Waals surface area contributed by atoms with Crippen LogP contribution in [0.4, 0.5) is 17.6 Å². The second-order valence-electron chi connectivity index (χ2n) is 8.82. The molecule has 2 nitrogen and oxygen atoms in total. The van der Waals surface area contributed by atoms with Crippen molar-refractivity contribution in [3.63, 3.8) is 0 Å². The molecular weight excluding hydrogens is 488 g/mol. The highest BCUT2D eigenvalue weighted by molar-refractivity contribution is 6.30. The minimum Gasteiger partial charge on any atom is -0.302 e. The van der Waals surface area contributed by atoms with E-state index in [0.29, 0.717) is 29.7 Å². The Kier molecular flexibility index (Phi) is 7.76. The van der Waals surface area contributed by atoms with Gasteiger partial charge in [0, 0.05) is 19.2 Å². The highest BCUT2D eigenvalue weighted by Gasteiger charge is 2.39. The molecule has 0 saturated carbocycles. The Bertz CT molecular complexity index is 1290. The van der Waals surface area contributed by atoms with Crippen molar-refractivity contribution < 1.29 is 17.6 Å². The third-order valence-electron chi connectivity index (χ3n) is 6.16. The molecule has 0 spiro atoms. The zero-order valence-corrected chi connectivity index (χ0v) is 20.4. The van der Waals surface area contributed by atoms with E-state index >= 15 is 0 Å². The maximum atomic E-state index is 14.7. The Hall–Kier alpha value is -3.22. The predicted octanol–water partition coefficient (Wildman–Crippen LogP) is 7.52. The van der Waals surface area contributed by atoms with Crippen LogP contribution in [0.1, 0.15) is 33.5 Å². The van der Waals surface area contributed by atoms with Crippen molar-refractivity contribution in [2.75, 3.05) is 6.54 Å². The van der Waals surface area contributed by atoms with Gasteiger partial charge in [-0.1, -0.05) is 71.8 Å². The van der Waals surface area contributed by atoms with Gasteiger partial charge in [0.25, 0.3) is 0 Å². The molecule has 4 aromatic rings. The predicted molar refractivity (Wildman–Crippen MR) is 134 cm³/mol. The van der Waals surface area contributed by atoms with Crippen molar-refractivity contribution in [1.82, 2.24) is 10.3 Å². The zero-order chi connectivity index (χ0) is 25.8. The van der Waals surface area contributed by atoms with E-state index in [0.717, 1.165) is 28.8 Å². The fourth-order valence-electron chi connectivity index (χ4n) is 4.30. The van der Waals surface area contributed by atoms with Gasteiger partial charge < -0.3 is 5.32 Å². The first-order valence-corrected chi connectivity index (χ1v) is 11.9. The quantitative estimate of drug-likeness (QED) is 0.247. The monoisotopic (exact) mass is 512 g/mol. The molecule has 0 bridgehead atoms. The number of aromatic nitrogens is 1. The number of nitrogens with zero attached hydrogens (tertiary/aromatic N) is 1. The van der Waals surface area contributed by atoms with Crippen molar-refractivity contribution >= 4 is 11.6 Å². The SMILES string of the molecule is Cc1ccc(CCNC(Cc2ccccc2)(c2cc(F)cc(C(F)(F)F)c2)c2ccc(Cl)cn2)cc1. The lowest BCUT2D eigenvalue weighted by atomic mass is 9.79. The van der Waals surface area contributed by atoms with Crippen molar-refractivity contribution in [2.24, 2.45) is 0 Å². The number of rotatable bonds is 8. The lowest BCUT2D eigenvalue weighted by molar-refractivity contribution is -0.137. The molecule has 4 rings (SSSR count). The van der Waals surface area contributed by atoms with Gasteiger partial charge in [-0.3, -0.25) is 4.98 Å². The first-order valence-electron chi connectivity index (χ1n) is 11.5. The van der Waals surface area contributed by atoms with Gasteiger partial charge >= 0.3 is 6.18 Å². The average Bonchev–Trinajstić information content (AvgIpc) is 2.85. The van der Waals surface area contributed by atoms with Gasteiger partial charge in [0.15, 0.2) is 0 Å².